The van der Waals surface area contributed by atoms with E-state index in [2.05, 4.69) is 19.1 Å². The lowest BCUT2D eigenvalue weighted by molar-refractivity contribution is -0.130. The molecule has 0 aliphatic carbocycles. The summed E-state index contributed by atoms with van der Waals surface area (Å²) >= 11 is 0. The zero-order chi connectivity index (χ0) is 13.7. The standard InChI is InChI=1S/C16H23NO2/c1-3-4-5-16(18)17-11-10-14(12-17)13-6-8-15(19-2)9-7-13/h6-9,14H,3-5,10-12H2,1-2H3. The molecule has 1 saturated heterocycles. The first-order valence-corrected chi connectivity index (χ1v) is 7.16. The normalized spacial score (nSPS) is 18.6. The van der Waals surface area contributed by atoms with Crippen molar-refractivity contribution in [1.82, 2.24) is 4.90 Å². The number of amides is 1. The molecule has 0 bridgehead atoms. The zero-order valence-electron chi connectivity index (χ0n) is 11.9. The Morgan fingerprint density at radius 1 is 1.37 bits per heavy atom. The van der Waals surface area contributed by atoms with Gasteiger partial charge in [0.2, 0.25) is 5.91 Å². The number of rotatable bonds is 5. The van der Waals surface area contributed by atoms with Crippen molar-refractivity contribution < 1.29 is 9.53 Å². The van der Waals surface area contributed by atoms with Crippen LogP contribution in [-0.4, -0.2) is 31.0 Å². The average Bonchev–Trinajstić information content (AvgIpc) is 2.94. The number of methoxy groups -OCH3 is 1. The summed E-state index contributed by atoms with van der Waals surface area (Å²) in [6.45, 7) is 3.89. The van der Waals surface area contributed by atoms with E-state index in [-0.39, 0.29) is 0 Å². The van der Waals surface area contributed by atoms with Crippen molar-refractivity contribution in [1.29, 1.82) is 0 Å². The minimum absolute atomic E-state index is 0.317. The number of benzene rings is 1. The lowest BCUT2D eigenvalue weighted by atomic mass is 9.98. The molecule has 1 aliphatic heterocycles. The van der Waals surface area contributed by atoms with Gasteiger partial charge in [0.05, 0.1) is 7.11 Å². The molecule has 0 spiro atoms. The van der Waals surface area contributed by atoms with Gasteiger partial charge in [0.1, 0.15) is 5.75 Å². The molecule has 1 amide bonds. The van der Waals surface area contributed by atoms with Crippen molar-refractivity contribution in [2.75, 3.05) is 20.2 Å². The highest BCUT2D eigenvalue weighted by Crippen LogP contribution is 2.28. The molecule has 19 heavy (non-hydrogen) atoms. The average molecular weight is 261 g/mol. The van der Waals surface area contributed by atoms with Crippen LogP contribution in [0.2, 0.25) is 0 Å². The van der Waals surface area contributed by atoms with Gasteiger partial charge < -0.3 is 9.64 Å². The van der Waals surface area contributed by atoms with Gasteiger partial charge in [0.15, 0.2) is 0 Å². The van der Waals surface area contributed by atoms with Crippen LogP contribution in [0.1, 0.15) is 44.1 Å². The Hall–Kier alpha value is -1.51. The highest BCUT2D eigenvalue weighted by molar-refractivity contribution is 5.76. The first-order chi connectivity index (χ1) is 9.24. The second-order valence-electron chi connectivity index (χ2n) is 5.20. The van der Waals surface area contributed by atoms with Crippen LogP contribution < -0.4 is 4.74 Å². The van der Waals surface area contributed by atoms with E-state index < -0.39 is 0 Å². The molecular weight excluding hydrogens is 238 g/mol. The van der Waals surface area contributed by atoms with Gasteiger partial charge in [0, 0.05) is 25.4 Å². The Morgan fingerprint density at radius 2 is 2.11 bits per heavy atom. The molecule has 1 aliphatic rings. The van der Waals surface area contributed by atoms with Gasteiger partial charge >= 0.3 is 0 Å². The molecule has 1 heterocycles. The van der Waals surface area contributed by atoms with E-state index in [0.717, 1.165) is 38.1 Å². The lowest BCUT2D eigenvalue weighted by Crippen LogP contribution is -2.28. The van der Waals surface area contributed by atoms with E-state index in [4.69, 9.17) is 4.74 Å². The van der Waals surface area contributed by atoms with E-state index in [9.17, 15) is 4.79 Å². The smallest absolute Gasteiger partial charge is 0.222 e. The van der Waals surface area contributed by atoms with Crippen molar-refractivity contribution in [2.45, 2.75) is 38.5 Å². The second-order valence-corrected chi connectivity index (χ2v) is 5.20. The number of carbonyl (C=O) groups is 1. The van der Waals surface area contributed by atoms with Gasteiger partial charge in [-0.25, -0.2) is 0 Å². The van der Waals surface area contributed by atoms with Crippen LogP contribution in [0.3, 0.4) is 0 Å². The summed E-state index contributed by atoms with van der Waals surface area (Å²) in [6, 6.07) is 8.22. The van der Waals surface area contributed by atoms with Gasteiger partial charge in [-0.1, -0.05) is 25.5 Å². The third kappa shape index (κ3) is 3.49. The minimum atomic E-state index is 0.317. The lowest BCUT2D eigenvalue weighted by Gasteiger charge is -2.16. The predicted octanol–water partition coefficient (Wildman–Crippen LogP) is 3.20. The Labute approximate surface area is 115 Å². The monoisotopic (exact) mass is 261 g/mol. The predicted molar refractivity (Wildman–Crippen MR) is 76.5 cm³/mol. The SMILES string of the molecule is CCCCC(=O)N1CCC(c2ccc(OC)cc2)C1. The number of hydrogen-bond donors (Lipinski definition) is 0. The topological polar surface area (TPSA) is 29.5 Å². The van der Waals surface area contributed by atoms with Gasteiger partial charge in [-0.3, -0.25) is 4.79 Å². The zero-order valence-corrected chi connectivity index (χ0v) is 11.9. The fourth-order valence-corrected chi connectivity index (χ4v) is 2.62. The first kappa shape index (κ1) is 13.9. The van der Waals surface area contributed by atoms with Gasteiger partial charge in [-0.15, -0.1) is 0 Å². The molecular formula is C16H23NO2. The van der Waals surface area contributed by atoms with Crippen LogP contribution in [0.5, 0.6) is 5.75 Å². The Balaban J connectivity index is 1.91. The maximum Gasteiger partial charge on any atom is 0.222 e. The van der Waals surface area contributed by atoms with Gasteiger partial charge in [-0.2, -0.15) is 0 Å². The Kier molecular flexibility index (Phi) is 4.83. The largest absolute Gasteiger partial charge is 0.497 e. The first-order valence-electron chi connectivity index (χ1n) is 7.16. The summed E-state index contributed by atoms with van der Waals surface area (Å²) in [5.41, 5.74) is 1.31. The molecule has 104 valence electrons. The highest BCUT2D eigenvalue weighted by atomic mass is 16.5. The maximum absolute atomic E-state index is 12.0. The Bertz CT molecular complexity index is 413. The summed E-state index contributed by atoms with van der Waals surface area (Å²) in [7, 11) is 1.68. The minimum Gasteiger partial charge on any atom is -0.497 e. The van der Waals surface area contributed by atoms with E-state index in [0.29, 0.717) is 18.2 Å². The summed E-state index contributed by atoms with van der Waals surface area (Å²) in [5, 5.41) is 0. The fraction of sp³-hybridized carbons (Fsp3) is 0.562. The van der Waals surface area contributed by atoms with Crippen LogP contribution in [0.4, 0.5) is 0 Å². The fourth-order valence-electron chi connectivity index (χ4n) is 2.62. The molecule has 3 nitrogen and oxygen atoms in total. The molecule has 1 unspecified atom stereocenters. The molecule has 0 N–H and O–H groups in total. The molecule has 1 aromatic rings. The van der Waals surface area contributed by atoms with E-state index >= 15 is 0 Å². The summed E-state index contributed by atoms with van der Waals surface area (Å²) < 4.78 is 5.17. The second kappa shape index (κ2) is 6.60. The summed E-state index contributed by atoms with van der Waals surface area (Å²) in [5.74, 6) is 1.69. The van der Waals surface area contributed by atoms with Crippen LogP contribution in [-0.2, 0) is 4.79 Å². The van der Waals surface area contributed by atoms with Crippen molar-refractivity contribution in [3.8, 4) is 5.75 Å². The van der Waals surface area contributed by atoms with Crippen molar-refractivity contribution in [3.63, 3.8) is 0 Å². The van der Waals surface area contributed by atoms with Crippen molar-refractivity contribution in [2.24, 2.45) is 0 Å². The molecule has 1 aromatic carbocycles. The van der Waals surface area contributed by atoms with Crippen molar-refractivity contribution >= 4 is 5.91 Å². The third-order valence-electron chi connectivity index (χ3n) is 3.87. The number of ether oxygens (including phenoxy) is 1. The molecule has 3 heteroatoms. The number of unbranched alkanes of at least 4 members (excludes halogenated alkanes) is 1. The van der Waals surface area contributed by atoms with Crippen molar-refractivity contribution in [3.05, 3.63) is 29.8 Å². The summed E-state index contributed by atoms with van der Waals surface area (Å²) in [4.78, 5) is 14.0. The maximum atomic E-state index is 12.0. The summed E-state index contributed by atoms with van der Waals surface area (Å²) in [6.07, 6.45) is 3.86. The van der Waals surface area contributed by atoms with Gasteiger partial charge in [0.25, 0.3) is 0 Å². The highest BCUT2D eigenvalue weighted by Gasteiger charge is 2.26. The van der Waals surface area contributed by atoms with E-state index in [1.54, 1.807) is 7.11 Å². The van der Waals surface area contributed by atoms with Gasteiger partial charge in [-0.05, 0) is 30.5 Å². The van der Waals surface area contributed by atoms with Crippen LogP contribution >= 0.6 is 0 Å². The van der Waals surface area contributed by atoms with E-state index in [1.165, 1.54) is 5.56 Å². The van der Waals surface area contributed by atoms with Crippen LogP contribution in [0, 0.1) is 0 Å². The van der Waals surface area contributed by atoms with E-state index in [1.807, 2.05) is 17.0 Å². The number of hydrogen-bond acceptors (Lipinski definition) is 2. The molecule has 1 atom stereocenters. The van der Waals surface area contributed by atoms with Crippen LogP contribution in [0.15, 0.2) is 24.3 Å². The third-order valence-corrected chi connectivity index (χ3v) is 3.87. The quantitative estimate of drug-likeness (QED) is 0.814. The number of nitrogens with zero attached hydrogens (tertiary/aromatic N) is 1. The molecule has 0 aromatic heterocycles. The molecule has 0 saturated carbocycles. The molecule has 1 fully saturated rings. The Morgan fingerprint density at radius 3 is 2.74 bits per heavy atom. The molecule has 0 radical (unpaired) electrons. The van der Waals surface area contributed by atoms with Crippen LogP contribution in [0.25, 0.3) is 0 Å². The number of carbonyl (C=O) groups excluding carboxylic acids is 1. The molecule has 2 rings (SSSR count). The number of likely N-dealkylation sites (tertiary alicyclic amines) is 1.